The third-order valence-corrected chi connectivity index (χ3v) is 3.04. The van der Waals surface area contributed by atoms with E-state index in [-0.39, 0.29) is 12.6 Å². The highest BCUT2D eigenvalue weighted by Gasteiger charge is 2.06. The van der Waals surface area contributed by atoms with Gasteiger partial charge in [0.25, 0.3) is 0 Å². The lowest BCUT2D eigenvalue weighted by molar-refractivity contribution is -0.137. The molecule has 1 heterocycles. The maximum atomic E-state index is 11.6. The normalized spacial score (nSPS) is 10.9. The molecule has 0 spiro atoms. The first kappa shape index (κ1) is 17.0. The third kappa shape index (κ3) is 6.75. The summed E-state index contributed by atoms with van der Waals surface area (Å²) >= 11 is 0. The molecule has 8 nitrogen and oxygen atoms in total. The van der Waals surface area contributed by atoms with Gasteiger partial charge in [0.15, 0.2) is 0 Å². The third-order valence-electron chi connectivity index (χ3n) is 3.04. The SMILES string of the molecule is CC(C)N(C)CCCNC(=O)Nc1cnn(CC(=O)O)c1. The van der Waals surface area contributed by atoms with Crippen LogP contribution >= 0.6 is 0 Å². The van der Waals surface area contributed by atoms with E-state index in [4.69, 9.17) is 5.11 Å². The molecule has 21 heavy (non-hydrogen) atoms. The summed E-state index contributed by atoms with van der Waals surface area (Å²) in [5, 5.41) is 17.8. The zero-order valence-electron chi connectivity index (χ0n) is 12.7. The van der Waals surface area contributed by atoms with Crippen LogP contribution in [0.1, 0.15) is 20.3 Å². The summed E-state index contributed by atoms with van der Waals surface area (Å²) in [4.78, 5) is 24.4. The van der Waals surface area contributed by atoms with Crippen molar-refractivity contribution < 1.29 is 14.7 Å². The van der Waals surface area contributed by atoms with E-state index in [1.807, 2.05) is 7.05 Å². The number of carbonyl (C=O) groups is 2. The molecule has 0 atom stereocenters. The van der Waals surface area contributed by atoms with E-state index in [0.717, 1.165) is 13.0 Å². The van der Waals surface area contributed by atoms with Gasteiger partial charge in [0.1, 0.15) is 6.54 Å². The Hall–Kier alpha value is -2.09. The van der Waals surface area contributed by atoms with E-state index in [2.05, 4.69) is 34.5 Å². The second-order valence-corrected chi connectivity index (χ2v) is 5.13. The number of aliphatic carboxylic acids is 1. The maximum Gasteiger partial charge on any atom is 0.325 e. The van der Waals surface area contributed by atoms with Gasteiger partial charge in [-0.25, -0.2) is 4.79 Å². The van der Waals surface area contributed by atoms with E-state index in [0.29, 0.717) is 18.3 Å². The van der Waals surface area contributed by atoms with Gasteiger partial charge < -0.3 is 20.6 Å². The van der Waals surface area contributed by atoms with Crippen molar-refractivity contribution in [2.45, 2.75) is 32.9 Å². The summed E-state index contributed by atoms with van der Waals surface area (Å²) < 4.78 is 1.25. The molecule has 0 aromatic carbocycles. The molecule has 0 radical (unpaired) electrons. The van der Waals surface area contributed by atoms with Crippen molar-refractivity contribution in [1.82, 2.24) is 20.0 Å². The lowest BCUT2D eigenvalue weighted by Crippen LogP contribution is -2.33. The molecule has 0 unspecified atom stereocenters. The zero-order chi connectivity index (χ0) is 15.8. The Morgan fingerprint density at radius 3 is 2.81 bits per heavy atom. The Morgan fingerprint density at radius 1 is 1.48 bits per heavy atom. The Morgan fingerprint density at radius 2 is 2.19 bits per heavy atom. The second-order valence-electron chi connectivity index (χ2n) is 5.13. The predicted octanol–water partition coefficient (Wildman–Crippen LogP) is 0.820. The fourth-order valence-corrected chi connectivity index (χ4v) is 1.62. The number of hydrogen-bond acceptors (Lipinski definition) is 4. The molecular weight excluding hydrogens is 274 g/mol. The summed E-state index contributed by atoms with van der Waals surface area (Å²) in [6, 6.07) is 0.163. The van der Waals surface area contributed by atoms with Crippen LogP contribution in [0.15, 0.2) is 12.4 Å². The number of amides is 2. The van der Waals surface area contributed by atoms with Crippen molar-refractivity contribution in [1.29, 1.82) is 0 Å². The Bertz CT molecular complexity index is 472. The molecule has 1 aromatic heterocycles. The average Bonchev–Trinajstić information content (AvgIpc) is 2.80. The van der Waals surface area contributed by atoms with E-state index in [9.17, 15) is 9.59 Å². The molecule has 1 rings (SSSR count). The van der Waals surface area contributed by atoms with Crippen molar-refractivity contribution in [3.63, 3.8) is 0 Å². The largest absolute Gasteiger partial charge is 0.480 e. The molecule has 1 aromatic rings. The molecule has 118 valence electrons. The van der Waals surface area contributed by atoms with Crippen LogP contribution in [0.5, 0.6) is 0 Å². The highest BCUT2D eigenvalue weighted by molar-refractivity contribution is 5.88. The minimum absolute atomic E-state index is 0.231. The number of anilines is 1. The van der Waals surface area contributed by atoms with Crippen molar-refractivity contribution in [2.24, 2.45) is 0 Å². The highest BCUT2D eigenvalue weighted by Crippen LogP contribution is 2.04. The molecule has 0 bridgehead atoms. The molecule has 8 heteroatoms. The van der Waals surface area contributed by atoms with Crippen LogP contribution in [0.4, 0.5) is 10.5 Å². The van der Waals surface area contributed by atoms with Crippen molar-refractivity contribution in [3.8, 4) is 0 Å². The molecular formula is C13H23N5O3. The van der Waals surface area contributed by atoms with Crippen LogP contribution in [0.25, 0.3) is 0 Å². The summed E-state index contributed by atoms with van der Waals surface area (Å²) in [6.07, 6.45) is 3.75. The van der Waals surface area contributed by atoms with Crippen LogP contribution in [0.2, 0.25) is 0 Å². The van der Waals surface area contributed by atoms with Gasteiger partial charge >= 0.3 is 12.0 Å². The van der Waals surface area contributed by atoms with Crippen molar-refractivity contribution in [2.75, 3.05) is 25.5 Å². The van der Waals surface area contributed by atoms with Gasteiger partial charge in [0, 0.05) is 18.8 Å². The molecule has 0 saturated heterocycles. The van der Waals surface area contributed by atoms with Gasteiger partial charge in [-0.2, -0.15) is 5.10 Å². The average molecular weight is 297 g/mol. The molecule has 0 aliphatic heterocycles. The van der Waals surface area contributed by atoms with Gasteiger partial charge in [-0.15, -0.1) is 0 Å². The number of carbonyl (C=O) groups excluding carboxylic acids is 1. The van der Waals surface area contributed by atoms with E-state index in [1.165, 1.54) is 17.1 Å². The van der Waals surface area contributed by atoms with E-state index >= 15 is 0 Å². The highest BCUT2D eigenvalue weighted by atomic mass is 16.4. The molecule has 3 N–H and O–H groups in total. The predicted molar refractivity (Wildman–Crippen MR) is 79.3 cm³/mol. The van der Waals surface area contributed by atoms with E-state index < -0.39 is 5.97 Å². The second kappa shape index (κ2) is 8.25. The van der Waals surface area contributed by atoms with E-state index in [1.54, 1.807) is 0 Å². The minimum atomic E-state index is -0.983. The molecule has 0 aliphatic carbocycles. The quantitative estimate of drug-likeness (QED) is 0.617. The van der Waals surface area contributed by atoms with Crippen molar-refractivity contribution in [3.05, 3.63) is 12.4 Å². The van der Waals surface area contributed by atoms with Crippen LogP contribution in [0.3, 0.4) is 0 Å². The van der Waals surface area contributed by atoms with Gasteiger partial charge in [0.05, 0.1) is 11.9 Å². The molecule has 0 saturated carbocycles. The van der Waals surface area contributed by atoms with Crippen LogP contribution < -0.4 is 10.6 Å². The van der Waals surface area contributed by atoms with Gasteiger partial charge in [-0.05, 0) is 33.9 Å². The smallest absolute Gasteiger partial charge is 0.325 e. The first-order valence-electron chi connectivity index (χ1n) is 6.88. The topological polar surface area (TPSA) is 99.5 Å². The molecule has 0 aliphatic rings. The Balaban J connectivity index is 2.24. The van der Waals surface area contributed by atoms with Crippen LogP contribution in [-0.2, 0) is 11.3 Å². The zero-order valence-corrected chi connectivity index (χ0v) is 12.7. The number of carboxylic acids is 1. The number of nitrogens with zero attached hydrogens (tertiary/aromatic N) is 3. The number of urea groups is 1. The summed E-state index contributed by atoms with van der Waals surface area (Å²) in [7, 11) is 2.04. The monoisotopic (exact) mass is 297 g/mol. The lowest BCUT2D eigenvalue weighted by Gasteiger charge is -2.20. The van der Waals surface area contributed by atoms with Gasteiger partial charge in [-0.1, -0.05) is 0 Å². The lowest BCUT2D eigenvalue weighted by atomic mass is 10.3. The number of nitrogens with one attached hydrogen (secondary N) is 2. The maximum absolute atomic E-state index is 11.6. The standard InChI is InChI=1S/C13H23N5O3/c1-10(2)17(3)6-4-5-14-13(21)16-11-7-15-18(8-11)9-12(19)20/h7-8,10H,4-6,9H2,1-3H3,(H,19,20)(H2,14,16,21). The van der Waals surface area contributed by atoms with Crippen LogP contribution in [-0.4, -0.2) is 58.0 Å². The summed E-state index contributed by atoms with van der Waals surface area (Å²) in [5.74, 6) is -0.983. The Kier molecular flexibility index (Phi) is 6.67. The Labute approximate surface area is 124 Å². The molecule has 2 amide bonds. The molecule has 0 fully saturated rings. The minimum Gasteiger partial charge on any atom is -0.480 e. The van der Waals surface area contributed by atoms with Gasteiger partial charge in [0.2, 0.25) is 0 Å². The van der Waals surface area contributed by atoms with Gasteiger partial charge in [-0.3, -0.25) is 9.48 Å². The van der Waals surface area contributed by atoms with Crippen LogP contribution in [0, 0.1) is 0 Å². The number of hydrogen-bond donors (Lipinski definition) is 3. The summed E-state index contributed by atoms with van der Waals surface area (Å²) in [6.45, 7) is 5.50. The summed E-state index contributed by atoms with van der Waals surface area (Å²) in [5.41, 5.74) is 0.466. The first-order valence-corrected chi connectivity index (χ1v) is 6.88. The fraction of sp³-hybridized carbons (Fsp3) is 0.615. The number of rotatable bonds is 8. The number of aromatic nitrogens is 2. The number of carboxylic acid groups (broad SMARTS) is 1. The van der Waals surface area contributed by atoms with Crippen molar-refractivity contribution >= 4 is 17.7 Å². The fourth-order valence-electron chi connectivity index (χ4n) is 1.62. The first-order chi connectivity index (χ1) is 9.88.